The topological polar surface area (TPSA) is 75.6 Å². The van der Waals surface area contributed by atoms with Crippen molar-refractivity contribution in [3.63, 3.8) is 0 Å². The number of pyridine rings is 1. The third-order valence-electron chi connectivity index (χ3n) is 7.03. The SMILES string of the molecule is C[C@H](CN(C)C)Oc1cc(N2CCOC3(CC3)C2)cc2ncnc(Nc3ccc4ncccc4c3F)c12. The minimum absolute atomic E-state index is 0.00665. The van der Waals surface area contributed by atoms with Crippen LogP contribution in [0.2, 0.25) is 0 Å². The van der Waals surface area contributed by atoms with Crippen LogP contribution in [0.5, 0.6) is 5.75 Å². The van der Waals surface area contributed by atoms with Gasteiger partial charge >= 0.3 is 0 Å². The van der Waals surface area contributed by atoms with Crippen molar-refractivity contribution in [3.05, 3.63) is 54.7 Å². The highest BCUT2D eigenvalue weighted by molar-refractivity contribution is 5.98. The summed E-state index contributed by atoms with van der Waals surface area (Å²) in [5, 5.41) is 4.37. The standard InChI is InChI=1S/C28H31FN6O2/c1-18(15-34(2)3)37-24-14-19(35-11-12-36-28(16-35)8-9-28)13-23-25(24)27(32-17-31-23)33-22-7-6-21-20(26(22)29)5-4-10-30-21/h4-7,10,13-14,17-18H,8-9,11-12,15-16H2,1-3H3,(H,31,32,33)/t18-/m1/s1. The van der Waals surface area contributed by atoms with Crippen LogP contribution in [0.1, 0.15) is 19.8 Å². The number of anilines is 3. The molecule has 9 heteroatoms. The van der Waals surface area contributed by atoms with Gasteiger partial charge in [0.2, 0.25) is 0 Å². The average Bonchev–Trinajstić information content (AvgIpc) is 3.63. The zero-order valence-corrected chi connectivity index (χ0v) is 21.4. The fourth-order valence-corrected chi connectivity index (χ4v) is 5.13. The van der Waals surface area contributed by atoms with Crippen LogP contribution in [0.3, 0.4) is 0 Å². The summed E-state index contributed by atoms with van der Waals surface area (Å²) in [5.74, 6) is 0.788. The predicted octanol–water partition coefficient (Wildman–Crippen LogP) is 4.76. The van der Waals surface area contributed by atoms with E-state index in [2.05, 4.69) is 42.2 Å². The van der Waals surface area contributed by atoms with Gasteiger partial charge in [0, 0.05) is 43.0 Å². The highest BCUT2D eigenvalue weighted by Crippen LogP contribution is 2.44. The molecular formula is C28H31FN6O2. The Labute approximate surface area is 215 Å². The molecule has 1 aliphatic heterocycles. The lowest BCUT2D eigenvalue weighted by atomic mass is 10.1. The Hall–Kier alpha value is -3.56. The highest BCUT2D eigenvalue weighted by Gasteiger charge is 2.47. The zero-order valence-electron chi connectivity index (χ0n) is 21.4. The number of ether oxygens (including phenoxy) is 2. The van der Waals surface area contributed by atoms with E-state index < -0.39 is 0 Å². The Morgan fingerprint density at radius 2 is 2.03 bits per heavy atom. The van der Waals surface area contributed by atoms with Gasteiger partial charge in [-0.1, -0.05) is 0 Å². The normalized spacial score (nSPS) is 17.5. The molecule has 0 amide bonds. The van der Waals surface area contributed by atoms with Crippen molar-refractivity contribution < 1.29 is 13.9 Å². The summed E-state index contributed by atoms with van der Waals surface area (Å²) in [7, 11) is 4.04. The maximum atomic E-state index is 15.4. The van der Waals surface area contributed by atoms with Crippen LogP contribution in [0, 0.1) is 5.82 Å². The number of hydrogen-bond acceptors (Lipinski definition) is 8. The molecule has 3 heterocycles. The second-order valence-corrected chi connectivity index (χ2v) is 10.3. The fourth-order valence-electron chi connectivity index (χ4n) is 5.13. The van der Waals surface area contributed by atoms with Crippen molar-refractivity contribution in [1.82, 2.24) is 19.9 Å². The third kappa shape index (κ3) is 4.76. The number of halogens is 1. The Kier molecular flexibility index (Phi) is 6.04. The summed E-state index contributed by atoms with van der Waals surface area (Å²) in [6.07, 6.45) is 5.28. The number of morpholine rings is 1. The molecule has 1 N–H and O–H groups in total. The van der Waals surface area contributed by atoms with Crippen molar-refractivity contribution in [2.75, 3.05) is 50.6 Å². The molecule has 6 rings (SSSR count). The smallest absolute Gasteiger partial charge is 0.156 e. The van der Waals surface area contributed by atoms with Crippen LogP contribution < -0.4 is 15.0 Å². The first-order valence-electron chi connectivity index (χ1n) is 12.7. The first-order valence-corrected chi connectivity index (χ1v) is 12.7. The summed E-state index contributed by atoms with van der Waals surface area (Å²) in [4.78, 5) is 17.8. The summed E-state index contributed by atoms with van der Waals surface area (Å²) in [5.41, 5.74) is 2.69. The summed E-state index contributed by atoms with van der Waals surface area (Å²) in [6, 6.07) is 11.1. The van der Waals surface area contributed by atoms with E-state index in [-0.39, 0.29) is 17.5 Å². The number of nitrogens with one attached hydrogen (secondary N) is 1. The molecule has 1 atom stereocenters. The number of hydrogen-bond donors (Lipinski definition) is 1. The van der Waals surface area contributed by atoms with Crippen LogP contribution in [0.4, 0.5) is 21.6 Å². The number of fused-ring (bicyclic) bond motifs is 2. The van der Waals surface area contributed by atoms with Crippen LogP contribution in [0.25, 0.3) is 21.8 Å². The molecule has 2 aromatic carbocycles. The van der Waals surface area contributed by atoms with E-state index in [9.17, 15) is 0 Å². The van der Waals surface area contributed by atoms with Gasteiger partial charge in [0.15, 0.2) is 5.82 Å². The molecule has 0 bridgehead atoms. The van der Waals surface area contributed by atoms with Crippen LogP contribution in [-0.2, 0) is 4.74 Å². The Morgan fingerprint density at radius 3 is 2.84 bits per heavy atom. The first-order chi connectivity index (χ1) is 17.9. The van der Waals surface area contributed by atoms with E-state index in [1.165, 1.54) is 6.33 Å². The molecule has 1 saturated carbocycles. The van der Waals surface area contributed by atoms with Gasteiger partial charge in [0.1, 0.15) is 24.0 Å². The monoisotopic (exact) mass is 502 g/mol. The molecule has 37 heavy (non-hydrogen) atoms. The number of rotatable bonds is 7. The summed E-state index contributed by atoms with van der Waals surface area (Å²) < 4.78 is 27.9. The second kappa shape index (κ2) is 9.39. The van der Waals surface area contributed by atoms with Crippen LogP contribution >= 0.6 is 0 Å². The lowest BCUT2D eigenvalue weighted by molar-refractivity contribution is 0.0206. The van der Waals surface area contributed by atoms with E-state index in [1.54, 1.807) is 30.5 Å². The quantitative estimate of drug-likeness (QED) is 0.388. The van der Waals surface area contributed by atoms with Gasteiger partial charge in [-0.2, -0.15) is 0 Å². The molecule has 192 valence electrons. The lowest BCUT2D eigenvalue weighted by Crippen LogP contribution is -2.44. The van der Waals surface area contributed by atoms with Crippen molar-refractivity contribution in [1.29, 1.82) is 0 Å². The predicted molar refractivity (Wildman–Crippen MR) is 143 cm³/mol. The largest absolute Gasteiger partial charge is 0.488 e. The molecule has 0 unspecified atom stereocenters. The van der Waals surface area contributed by atoms with Gasteiger partial charge in [0.05, 0.1) is 34.3 Å². The molecule has 1 aliphatic carbocycles. The lowest BCUT2D eigenvalue weighted by Gasteiger charge is -2.35. The molecule has 8 nitrogen and oxygen atoms in total. The maximum absolute atomic E-state index is 15.4. The van der Waals surface area contributed by atoms with Crippen molar-refractivity contribution in [3.8, 4) is 5.75 Å². The molecule has 2 aliphatic rings. The first kappa shape index (κ1) is 23.8. The molecule has 4 aromatic rings. The van der Waals surface area contributed by atoms with E-state index in [0.29, 0.717) is 34.8 Å². The van der Waals surface area contributed by atoms with Crippen LogP contribution in [0.15, 0.2) is 48.9 Å². The van der Waals surface area contributed by atoms with E-state index >= 15 is 4.39 Å². The van der Waals surface area contributed by atoms with Crippen molar-refractivity contribution in [2.45, 2.75) is 31.5 Å². The van der Waals surface area contributed by atoms with Gasteiger partial charge < -0.3 is 24.6 Å². The highest BCUT2D eigenvalue weighted by atomic mass is 19.1. The van der Waals surface area contributed by atoms with Gasteiger partial charge in [0.25, 0.3) is 0 Å². The molecule has 1 saturated heterocycles. The Morgan fingerprint density at radius 1 is 1.16 bits per heavy atom. The van der Waals surface area contributed by atoms with E-state index in [1.807, 2.05) is 21.0 Å². The number of aromatic nitrogens is 3. The fraction of sp³-hybridized carbons (Fsp3) is 0.393. The van der Waals surface area contributed by atoms with E-state index in [0.717, 1.165) is 49.1 Å². The average molecular weight is 503 g/mol. The van der Waals surface area contributed by atoms with Gasteiger partial charge in [-0.15, -0.1) is 0 Å². The van der Waals surface area contributed by atoms with Crippen LogP contribution in [-0.4, -0.2) is 71.9 Å². The van der Waals surface area contributed by atoms with E-state index in [4.69, 9.17) is 9.47 Å². The van der Waals surface area contributed by atoms with Crippen molar-refractivity contribution >= 4 is 39.0 Å². The molecule has 0 radical (unpaired) electrons. The molecule has 1 spiro atoms. The van der Waals surface area contributed by atoms with Crippen molar-refractivity contribution in [2.24, 2.45) is 0 Å². The van der Waals surface area contributed by atoms with Gasteiger partial charge in [-0.3, -0.25) is 4.98 Å². The van der Waals surface area contributed by atoms with Gasteiger partial charge in [-0.25, -0.2) is 14.4 Å². The number of benzene rings is 2. The minimum atomic E-state index is -0.375. The summed E-state index contributed by atoms with van der Waals surface area (Å²) in [6.45, 7) is 5.16. The Balaban J connectivity index is 1.42. The molecular weight excluding hydrogens is 471 g/mol. The molecule has 2 aromatic heterocycles. The molecule has 2 fully saturated rings. The second-order valence-electron chi connectivity index (χ2n) is 10.3. The maximum Gasteiger partial charge on any atom is 0.156 e. The summed E-state index contributed by atoms with van der Waals surface area (Å²) >= 11 is 0. The number of nitrogens with zero attached hydrogens (tertiary/aromatic N) is 5. The van der Waals surface area contributed by atoms with Gasteiger partial charge in [-0.05, 0) is 64.2 Å². The third-order valence-corrected chi connectivity index (χ3v) is 7.03. The minimum Gasteiger partial charge on any atom is -0.488 e. The zero-order chi connectivity index (χ0) is 25.6. The number of likely N-dealkylation sites (N-methyl/N-ethyl adjacent to an activating group) is 1. The Bertz CT molecular complexity index is 1460.